The van der Waals surface area contributed by atoms with E-state index in [0.717, 1.165) is 13.0 Å². The van der Waals surface area contributed by atoms with Gasteiger partial charge < -0.3 is 10.4 Å². The van der Waals surface area contributed by atoms with Crippen LogP contribution in [-0.4, -0.2) is 24.3 Å². The monoisotopic (exact) mass is 199 g/mol. The second kappa shape index (κ2) is 6.20. The van der Waals surface area contributed by atoms with Gasteiger partial charge in [0.15, 0.2) is 0 Å². The molecule has 0 aromatic heterocycles. The van der Waals surface area contributed by atoms with Crippen molar-refractivity contribution in [2.24, 2.45) is 5.41 Å². The van der Waals surface area contributed by atoms with Gasteiger partial charge in [-0.15, -0.1) is 0 Å². The van der Waals surface area contributed by atoms with Crippen LogP contribution in [-0.2, 0) is 0 Å². The Bertz CT molecular complexity index is 175. The molecular formula is C12H25NO. The first-order chi connectivity index (χ1) is 6.31. The van der Waals surface area contributed by atoms with Crippen molar-refractivity contribution in [2.45, 2.75) is 47.1 Å². The van der Waals surface area contributed by atoms with Crippen LogP contribution in [0.3, 0.4) is 0 Å². The largest absolute Gasteiger partial charge is 0.392 e. The summed E-state index contributed by atoms with van der Waals surface area (Å²) >= 11 is 0. The summed E-state index contributed by atoms with van der Waals surface area (Å²) in [7, 11) is 0. The third-order valence-corrected chi connectivity index (χ3v) is 1.88. The van der Waals surface area contributed by atoms with Crippen molar-refractivity contribution in [1.82, 2.24) is 5.32 Å². The predicted octanol–water partition coefficient (Wildman–Crippen LogP) is 2.34. The van der Waals surface area contributed by atoms with Gasteiger partial charge in [-0.25, -0.2) is 0 Å². The fourth-order valence-corrected chi connectivity index (χ4v) is 1.31. The van der Waals surface area contributed by atoms with E-state index in [1.54, 1.807) is 0 Å². The smallest absolute Gasteiger partial charge is 0.0669 e. The molecule has 2 N–H and O–H groups in total. The molecule has 0 aliphatic heterocycles. The Morgan fingerprint density at radius 3 is 2.36 bits per heavy atom. The van der Waals surface area contributed by atoms with Crippen LogP contribution in [0.15, 0.2) is 11.6 Å². The number of aliphatic hydroxyl groups is 1. The summed E-state index contributed by atoms with van der Waals surface area (Å²) in [6.07, 6.45) is 2.74. The normalized spacial score (nSPS) is 13.9. The molecule has 14 heavy (non-hydrogen) atoms. The summed E-state index contributed by atoms with van der Waals surface area (Å²) in [5.74, 6) is 0. The molecule has 1 unspecified atom stereocenters. The minimum absolute atomic E-state index is 0.206. The quantitative estimate of drug-likeness (QED) is 0.526. The van der Waals surface area contributed by atoms with Crippen molar-refractivity contribution in [2.75, 3.05) is 13.1 Å². The van der Waals surface area contributed by atoms with E-state index in [4.69, 9.17) is 0 Å². The van der Waals surface area contributed by atoms with Crippen molar-refractivity contribution in [3.63, 3.8) is 0 Å². The van der Waals surface area contributed by atoms with Crippen LogP contribution < -0.4 is 5.32 Å². The second-order valence-corrected chi connectivity index (χ2v) is 5.36. The molecule has 1 atom stereocenters. The first-order valence-corrected chi connectivity index (χ1v) is 5.33. The van der Waals surface area contributed by atoms with Gasteiger partial charge in [0.25, 0.3) is 0 Å². The summed E-state index contributed by atoms with van der Waals surface area (Å²) < 4.78 is 0. The van der Waals surface area contributed by atoms with Crippen molar-refractivity contribution < 1.29 is 5.11 Å². The van der Waals surface area contributed by atoms with Gasteiger partial charge in [-0.1, -0.05) is 32.4 Å². The maximum absolute atomic E-state index is 9.67. The van der Waals surface area contributed by atoms with Gasteiger partial charge in [-0.3, -0.25) is 0 Å². The number of aliphatic hydroxyl groups excluding tert-OH is 1. The Balaban J connectivity index is 3.55. The van der Waals surface area contributed by atoms with Gasteiger partial charge in [0.2, 0.25) is 0 Å². The summed E-state index contributed by atoms with van der Waals surface area (Å²) in [6.45, 7) is 12.1. The highest BCUT2D eigenvalue weighted by atomic mass is 16.3. The molecule has 0 aliphatic carbocycles. The van der Waals surface area contributed by atoms with Crippen LogP contribution in [0.4, 0.5) is 0 Å². The molecule has 0 rings (SSSR count). The lowest BCUT2D eigenvalue weighted by atomic mass is 9.89. The Morgan fingerprint density at radius 2 is 1.93 bits per heavy atom. The van der Waals surface area contributed by atoms with Gasteiger partial charge in [0, 0.05) is 13.1 Å². The summed E-state index contributed by atoms with van der Waals surface area (Å²) in [6, 6.07) is 0. The standard InChI is InChI=1S/C12H25NO/c1-10(2)6-7-13-9-11(14)8-12(3,4)5/h6,11,13-14H,7-9H2,1-5H3. The summed E-state index contributed by atoms with van der Waals surface area (Å²) in [4.78, 5) is 0. The average Bonchev–Trinajstić information content (AvgIpc) is 1.94. The second-order valence-electron chi connectivity index (χ2n) is 5.36. The van der Waals surface area contributed by atoms with E-state index in [1.165, 1.54) is 5.57 Å². The predicted molar refractivity (Wildman–Crippen MR) is 62.4 cm³/mol. The van der Waals surface area contributed by atoms with Crippen LogP contribution in [0.25, 0.3) is 0 Å². The minimum atomic E-state index is -0.236. The molecule has 0 aromatic carbocycles. The molecule has 0 radical (unpaired) electrons. The fraction of sp³-hybridized carbons (Fsp3) is 0.833. The van der Waals surface area contributed by atoms with E-state index < -0.39 is 0 Å². The Morgan fingerprint density at radius 1 is 1.36 bits per heavy atom. The molecule has 2 heteroatoms. The molecule has 84 valence electrons. The maximum Gasteiger partial charge on any atom is 0.0669 e. The third kappa shape index (κ3) is 9.75. The van der Waals surface area contributed by atoms with E-state index in [9.17, 15) is 5.11 Å². The first-order valence-electron chi connectivity index (χ1n) is 5.33. The van der Waals surface area contributed by atoms with E-state index in [-0.39, 0.29) is 11.5 Å². The summed E-state index contributed by atoms with van der Waals surface area (Å²) in [5, 5.41) is 12.9. The molecule has 0 spiro atoms. The number of nitrogens with one attached hydrogen (secondary N) is 1. The first kappa shape index (κ1) is 13.7. The van der Waals surface area contributed by atoms with E-state index in [1.807, 2.05) is 0 Å². The molecule has 0 amide bonds. The van der Waals surface area contributed by atoms with Crippen LogP contribution in [0.1, 0.15) is 41.0 Å². The third-order valence-electron chi connectivity index (χ3n) is 1.88. The molecule has 0 saturated carbocycles. The Kier molecular flexibility index (Phi) is 6.05. The van der Waals surface area contributed by atoms with E-state index >= 15 is 0 Å². The lowest BCUT2D eigenvalue weighted by molar-refractivity contribution is 0.121. The van der Waals surface area contributed by atoms with Crippen LogP contribution in [0, 0.1) is 5.41 Å². The zero-order valence-corrected chi connectivity index (χ0v) is 10.2. The maximum atomic E-state index is 9.67. The van der Waals surface area contributed by atoms with Gasteiger partial charge in [0.05, 0.1) is 6.10 Å². The molecular weight excluding hydrogens is 174 g/mol. The summed E-state index contributed by atoms with van der Waals surface area (Å²) in [5.41, 5.74) is 1.51. The highest BCUT2D eigenvalue weighted by molar-refractivity contribution is 4.94. The molecule has 0 fully saturated rings. The molecule has 0 saturated heterocycles. The van der Waals surface area contributed by atoms with Crippen LogP contribution in [0.2, 0.25) is 0 Å². The highest BCUT2D eigenvalue weighted by Crippen LogP contribution is 2.20. The van der Waals surface area contributed by atoms with Gasteiger partial charge in [-0.2, -0.15) is 0 Å². The van der Waals surface area contributed by atoms with Crippen LogP contribution >= 0.6 is 0 Å². The Hall–Kier alpha value is -0.340. The van der Waals surface area contributed by atoms with Crippen molar-refractivity contribution in [3.8, 4) is 0 Å². The molecule has 0 aromatic rings. The molecule has 0 heterocycles. The lowest BCUT2D eigenvalue weighted by Crippen LogP contribution is -2.30. The zero-order chi connectivity index (χ0) is 11.2. The molecule has 0 aliphatic rings. The topological polar surface area (TPSA) is 32.3 Å². The highest BCUT2D eigenvalue weighted by Gasteiger charge is 2.15. The molecule has 2 nitrogen and oxygen atoms in total. The van der Waals surface area contributed by atoms with Gasteiger partial charge >= 0.3 is 0 Å². The number of hydrogen-bond acceptors (Lipinski definition) is 2. The SMILES string of the molecule is CC(C)=CCNCC(O)CC(C)(C)C. The fourth-order valence-electron chi connectivity index (χ4n) is 1.31. The van der Waals surface area contributed by atoms with Crippen LogP contribution in [0.5, 0.6) is 0 Å². The van der Waals surface area contributed by atoms with Crippen molar-refractivity contribution in [3.05, 3.63) is 11.6 Å². The van der Waals surface area contributed by atoms with Gasteiger partial charge in [-0.05, 0) is 25.7 Å². The Labute approximate surface area is 88.4 Å². The lowest BCUT2D eigenvalue weighted by Gasteiger charge is -2.22. The average molecular weight is 199 g/mol. The number of allylic oxidation sites excluding steroid dienone is 1. The zero-order valence-electron chi connectivity index (χ0n) is 10.2. The number of rotatable bonds is 5. The number of hydrogen-bond donors (Lipinski definition) is 2. The van der Waals surface area contributed by atoms with Gasteiger partial charge in [0.1, 0.15) is 0 Å². The minimum Gasteiger partial charge on any atom is -0.392 e. The van der Waals surface area contributed by atoms with Crippen molar-refractivity contribution in [1.29, 1.82) is 0 Å². The van der Waals surface area contributed by atoms with E-state index in [2.05, 4.69) is 46.0 Å². The molecule has 0 bridgehead atoms. The van der Waals surface area contributed by atoms with Crippen molar-refractivity contribution >= 4 is 0 Å². The van der Waals surface area contributed by atoms with E-state index in [0.29, 0.717) is 6.54 Å².